The summed E-state index contributed by atoms with van der Waals surface area (Å²) in [5.41, 5.74) is 1.08. The van der Waals surface area contributed by atoms with Crippen LogP contribution in [0.25, 0.3) is 11.2 Å². The molecule has 2 aromatic heterocycles. The first-order chi connectivity index (χ1) is 14.3. The molecule has 2 heterocycles. The maximum Gasteiger partial charge on any atom is 0.332 e. The van der Waals surface area contributed by atoms with Crippen molar-refractivity contribution in [2.45, 2.75) is 26.3 Å². The van der Waals surface area contributed by atoms with Gasteiger partial charge in [0.1, 0.15) is 12.4 Å². The molecular formula is C21H27N5O4. The summed E-state index contributed by atoms with van der Waals surface area (Å²) < 4.78 is 9.78. The van der Waals surface area contributed by atoms with Crippen molar-refractivity contribution in [2.75, 3.05) is 20.2 Å². The summed E-state index contributed by atoms with van der Waals surface area (Å²) in [5, 5.41) is 0. The Kier molecular flexibility index (Phi) is 6.39. The summed E-state index contributed by atoms with van der Waals surface area (Å²) >= 11 is 0. The van der Waals surface area contributed by atoms with Gasteiger partial charge in [0.2, 0.25) is 5.91 Å². The van der Waals surface area contributed by atoms with Crippen molar-refractivity contribution in [1.29, 1.82) is 0 Å². The van der Waals surface area contributed by atoms with Crippen molar-refractivity contribution >= 4 is 17.1 Å². The van der Waals surface area contributed by atoms with Gasteiger partial charge in [0.15, 0.2) is 11.2 Å². The third kappa shape index (κ3) is 4.45. The van der Waals surface area contributed by atoms with E-state index in [0.29, 0.717) is 43.7 Å². The van der Waals surface area contributed by atoms with Crippen LogP contribution in [-0.4, -0.2) is 49.7 Å². The van der Waals surface area contributed by atoms with Gasteiger partial charge in [-0.1, -0.05) is 17.7 Å². The van der Waals surface area contributed by atoms with Crippen LogP contribution < -0.4 is 16.0 Å². The zero-order valence-corrected chi connectivity index (χ0v) is 17.8. The Hall–Kier alpha value is -3.36. The number of nitrogens with zero attached hydrogens (tertiary/aromatic N) is 5. The lowest BCUT2D eigenvalue weighted by Gasteiger charge is -2.17. The highest BCUT2D eigenvalue weighted by Crippen LogP contribution is 2.11. The molecule has 0 unspecified atom stereocenters. The molecule has 0 aliphatic carbocycles. The van der Waals surface area contributed by atoms with E-state index in [1.165, 1.54) is 23.5 Å². The Balaban J connectivity index is 1.52. The highest BCUT2D eigenvalue weighted by molar-refractivity contribution is 5.75. The highest BCUT2D eigenvalue weighted by atomic mass is 16.5. The number of aryl methyl sites for hydroxylation is 3. The van der Waals surface area contributed by atoms with Gasteiger partial charge in [-0.25, -0.2) is 9.78 Å². The van der Waals surface area contributed by atoms with Crippen LogP contribution in [0, 0.1) is 6.92 Å². The van der Waals surface area contributed by atoms with Crippen LogP contribution >= 0.6 is 0 Å². The quantitative estimate of drug-likeness (QED) is 0.551. The number of aromatic nitrogens is 4. The van der Waals surface area contributed by atoms with Gasteiger partial charge in [0.25, 0.3) is 5.56 Å². The van der Waals surface area contributed by atoms with Crippen LogP contribution in [0.1, 0.15) is 18.4 Å². The number of hydrogen-bond donors (Lipinski definition) is 0. The van der Waals surface area contributed by atoms with Crippen LogP contribution in [0.5, 0.6) is 5.75 Å². The zero-order valence-electron chi connectivity index (χ0n) is 17.8. The molecule has 0 aliphatic rings. The molecule has 0 saturated carbocycles. The molecule has 0 aliphatic heterocycles. The van der Waals surface area contributed by atoms with Crippen molar-refractivity contribution in [3.8, 4) is 5.75 Å². The molecule has 1 aromatic carbocycles. The lowest BCUT2D eigenvalue weighted by molar-refractivity contribution is -0.130. The van der Waals surface area contributed by atoms with E-state index in [0.717, 1.165) is 10.3 Å². The topological polar surface area (TPSA) is 91.4 Å². The summed E-state index contributed by atoms with van der Waals surface area (Å²) in [6.07, 6.45) is 2.43. The molecule has 0 spiro atoms. The average Bonchev–Trinajstić information content (AvgIpc) is 3.16. The normalized spacial score (nSPS) is 11.1. The Labute approximate surface area is 174 Å². The van der Waals surface area contributed by atoms with E-state index in [1.807, 2.05) is 31.2 Å². The van der Waals surface area contributed by atoms with Crippen molar-refractivity contribution in [3.05, 3.63) is 57.0 Å². The number of carbonyl (C=O) groups excluding carboxylic acids is 1. The second kappa shape index (κ2) is 8.98. The van der Waals surface area contributed by atoms with E-state index >= 15 is 0 Å². The molecule has 1 amide bonds. The molecule has 0 saturated heterocycles. The zero-order chi connectivity index (χ0) is 21.8. The van der Waals surface area contributed by atoms with Gasteiger partial charge in [0.05, 0.1) is 12.9 Å². The molecule has 0 atom stereocenters. The molecule has 0 N–H and O–H groups in total. The van der Waals surface area contributed by atoms with Gasteiger partial charge < -0.3 is 14.2 Å². The van der Waals surface area contributed by atoms with E-state index in [1.54, 1.807) is 23.6 Å². The third-order valence-corrected chi connectivity index (χ3v) is 5.15. The summed E-state index contributed by atoms with van der Waals surface area (Å²) in [6.45, 7) is 3.38. The van der Waals surface area contributed by atoms with Crippen LogP contribution in [0.4, 0.5) is 0 Å². The Morgan fingerprint density at radius 1 is 1.13 bits per heavy atom. The first-order valence-electron chi connectivity index (χ1n) is 9.84. The lowest BCUT2D eigenvalue weighted by atomic mass is 10.2. The number of benzene rings is 1. The molecule has 0 bridgehead atoms. The minimum Gasteiger partial charge on any atom is -0.492 e. The Morgan fingerprint density at radius 2 is 1.83 bits per heavy atom. The Bertz CT molecular complexity index is 1160. The van der Waals surface area contributed by atoms with E-state index in [4.69, 9.17) is 4.74 Å². The second-order valence-electron chi connectivity index (χ2n) is 7.40. The summed E-state index contributed by atoms with van der Waals surface area (Å²) in [5.74, 6) is 0.789. The maximum absolute atomic E-state index is 12.4. The predicted molar refractivity (Wildman–Crippen MR) is 114 cm³/mol. The standard InChI is InChI=1S/C21H27N5O4/c1-15-7-9-16(10-8-15)30-13-12-23(2)17(27)6-5-11-26-14-22-19-18(26)20(28)25(4)21(29)24(19)3/h7-10,14H,5-6,11-13H2,1-4H3. The lowest BCUT2D eigenvalue weighted by Crippen LogP contribution is -2.37. The second-order valence-corrected chi connectivity index (χ2v) is 7.40. The molecule has 9 heteroatoms. The number of rotatable bonds is 8. The van der Waals surface area contributed by atoms with Crippen LogP contribution in [0.15, 0.2) is 40.2 Å². The van der Waals surface area contributed by atoms with Crippen LogP contribution in [0.3, 0.4) is 0 Å². The maximum atomic E-state index is 12.4. The van der Waals surface area contributed by atoms with Gasteiger partial charge in [0, 0.05) is 34.1 Å². The van der Waals surface area contributed by atoms with Gasteiger partial charge in [-0.05, 0) is 25.5 Å². The minimum absolute atomic E-state index is 0.00669. The smallest absolute Gasteiger partial charge is 0.332 e. The van der Waals surface area contributed by atoms with Crippen molar-refractivity contribution in [1.82, 2.24) is 23.6 Å². The van der Waals surface area contributed by atoms with E-state index < -0.39 is 5.69 Å². The SMILES string of the molecule is Cc1ccc(OCCN(C)C(=O)CCCn2cnc3c2c(=O)n(C)c(=O)n3C)cc1. The fourth-order valence-corrected chi connectivity index (χ4v) is 3.22. The highest BCUT2D eigenvalue weighted by Gasteiger charge is 2.15. The van der Waals surface area contributed by atoms with Gasteiger partial charge in [-0.15, -0.1) is 0 Å². The molecule has 160 valence electrons. The number of likely N-dealkylation sites (N-methyl/N-ethyl adjacent to an activating group) is 1. The predicted octanol–water partition coefficient (Wildman–Crippen LogP) is 1.06. The van der Waals surface area contributed by atoms with Gasteiger partial charge in [-0.3, -0.25) is 18.7 Å². The monoisotopic (exact) mass is 413 g/mol. The summed E-state index contributed by atoms with van der Waals surface area (Å²) in [6, 6.07) is 7.78. The first-order valence-corrected chi connectivity index (χ1v) is 9.84. The third-order valence-electron chi connectivity index (χ3n) is 5.15. The van der Waals surface area contributed by atoms with Gasteiger partial charge >= 0.3 is 5.69 Å². The molecule has 0 radical (unpaired) electrons. The number of hydrogen-bond acceptors (Lipinski definition) is 5. The largest absolute Gasteiger partial charge is 0.492 e. The molecule has 30 heavy (non-hydrogen) atoms. The van der Waals surface area contributed by atoms with Crippen molar-refractivity contribution < 1.29 is 9.53 Å². The first kappa shape index (κ1) is 21.4. The average molecular weight is 413 g/mol. The molecule has 3 aromatic rings. The molecule has 3 rings (SSSR count). The van der Waals surface area contributed by atoms with Crippen LogP contribution in [0.2, 0.25) is 0 Å². The van der Waals surface area contributed by atoms with Gasteiger partial charge in [-0.2, -0.15) is 0 Å². The fourth-order valence-electron chi connectivity index (χ4n) is 3.22. The number of carbonyl (C=O) groups is 1. The van der Waals surface area contributed by atoms with Crippen LogP contribution in [-0.2, 0) is 25.4 Å². The van der Waals surface area contributed by atoms with E-state index in [-0.39, 0.29) is 11.5 Å². The summed E-state index contributed by atoms with van der Waals surface area (Å²) in [4.78, 5) is 42.6. The Morgan fingerprint density at radius 3 is 2.53 bits per heavy atom. The number of amides is 1. The number of fused-ring (bicyclic) bond motifs is 1. The fraction of sp³-hybridized carbons (Fsp3) is 0.429. The minimum atomic E-state index is -0.414. The molecule has 9 nitrogen and oxygen atoms in total. The van der Waals surface area contributed by atoms with E-state index in [2.05, 4.69) is 4.98 Å². The van der Waals surface area contributed by atoms with Crippen molar-refractivity contribution in [2.24, 2.45) is 14.1 Å². The van der Waals surface area contributed by atoms with Crippen molar-refractivity contribution in [3.63, 3.8) is 0 Å². The number of imidazole rings is 1. The molecular weight excluding hydrogens is 386 g/mol. The number of ether oxygens (including phenoxy) is 1. The molecule has 0 fully saturated rings. The summed E-state index contributed by atoms with van der Waals surface area (Å²) in [7, 11) is 4.77. The van der Waals surface area contributed by atoms with E-state index in [9.17, 15) is 14.4 Å².